The summed E-state index contributed by atoms with van der Waals surface area (Å²) in [6.07, 6.45) is 0. The second-order valence-corrected chi connectivity index (χ2v) is 4.11. The number of ether oxygens (including phenoxy) is 1. The third-order valence-electron chi connectivity index (χ3n) is 2.25. The molecule has 14 heavy (non-hydrogen) atoms. The van der Waals surface area contributed by atoms with E-state index in [4.69, 9.17) is 0 Å². The van der Waals surface area contributed by atoms with Crippen molar-refractivity contribution in [1.82, 2.24) is 0 Å². The first-order valence-corrected chi connectivity index (χ1v) is 5.19. The molecule has 2 nitrogen and oxygen atoms in total. The molecule has 0 aliphatic heterocycles. The van der Waals surface area contributed by atoms with Crippen LogP contribution in [0.4, 0.5) is 0 Å². The molecule has 0 saturated carbocycles. The first-order chi connectivity index (χ1) is 6.56. The van der Waals surface area contributed by atoms with E-state index in [2.05, 4.69) is 20.7 Å². The molecule has 1 atom stereocenters. The third-order valence-corrected chi connectivity index (χ3v) is 3.10. The van der Waals surface area contributed by atoms with Crippen LogP contribution in [0, 0.1) is 6.92 Å². The second kappa shape index (κ2) is 4.60. The number of methoxy groups -OCH3 is 1. The minimum atomic E-state index is -0.211. The lowest BCUT2D eigenvalue weighted by Gasteiger charge is -2.10. The number of esters is 1. The zero-order valence-corrected chi connectivity index (χ0v) is 10.1. The highest BCUT2D eigenvalue weighted by Gasteiger charge is 2.15. The maximum atomic E-state index is 11.3. The van der Waals surface area contributed by atoms with E-state index < -0.39 is 0 Å². The summed E-state index contributed by atoms with van der Waals surface area (Å²) in [4.78, 5) is 11.3. The molecule has 0 spiro atoms. The Morgan fingerprint density at radius 3 is 2.64 bits per heavy atom. The van der Waals surface area contributed by atoms with Crippen LogP contribution in [0.15, 0.2) is 22.7 Å². The SMILES string of the molecule is COC(=O)C(C)c1ccc(C)c(Br)c1. The third kappa shape index (κ3) is 2.35. The molecule has 1 unspecified atom stereocenters. The predicted octanol–water partition coefficient (Wildman–Crippen LogP) is 3.03. The van der Waals surface area contributed by atoms with Gasteiger partial charge in [0.1, 0.15) is 0 Å². The molecule has 0 N–H and O–H groups in total. The Labute approximate surface area is 92.4 Å². The maximum Gasteiger partial charge on any atom is 0.312 e. The molecule has 1 aromatic rings. The Kier molecular flexibility index (Phi) is 3.69. The van der Waals surface area contributed by atoms with Crippen molar-refractivity contribution < 1.29 is 9.53 Å². The molecule has 0 bridgehead atoms. The number of rotatable bonds is 2. The zero-order chi connectivity index (χ0) is 10.7. The van der Waals surface area contributed by atoms with Crippen LogP contribution in [0.3, 0.4) is 0 Å². The van der Waals surface area contributed by atoms with Gasteiger partial charge in [0.2, 0.25) is 0 Å². The molecule has 0 aromatic heterocycles. The van der Waals surface area contributed by atoms with E-state index >= 15 is 0 Å². The first kappa shape index (κ1) is 11.2. The van der Waals surface area contributed by atoms with Crippen LogP contribution in [-0.2, 0) is 9.53 Å². The number of halogens is 1. The number of benzene rings is 1. The van der Waals surface area contributed by atoms with Crippen LogP contribution in [0.1, 0.15) is 24.0 Å². The van der Waals surface area contributed by atoms with E-state index in [1.807, 2.05) is 32.0 Å². The lowest BCUT2D eigenvalue weighted by atomic mass is 10.0. The van der Waals surface area contributed by atoms with Crippen LogP contribution in [-0.4, -0.2) is 13.1 Å². The van der Waals surface area contributed by atoms with Crippen molar-refractivity contribution in [2.75, 3.05) is 7.11 Å². The number of hydrogen-bond donors (Lipinski definition) is 0. The van der Waals surface area contributed by atoms with Gasteiger partial charge in [-0.25, -0.2) is 0 Å². The summed E-state index contributed by atoms with van der Waals surface area (Å²) in [5.41, 5.74) is 2.13. The molecule has 3 heteroatoms. The van der Waals surface area contributed by atoms with Crippen LogP contribution in [0.25, 0.3) is 0 Å². The quantitative estimate of drug-likeness (QED) is 0.761. The summed E-state index contributed by atoms with van der Waals surface area (Å²) in [5, 5.41) is 0. The highest BCUT2D eigenvalue weighted by Crippen LogP contribution is 2.23. The van der Waals surface area contributed by atoms with Gasteiger partial charge in [-0.2, -0.15) is 0 Å². The molecule has 0 radical (unpaired) electrons. The topological polar surface area (TPSA) is 26.3 Å². The Balaban J connectivity index is 2.96. The minimum Gasteiger partial charge on any atom is -0.469 e. The molecule has 76 valence electrons. The fraction of sp³-hybridized carbons (Fsp3) is 0.364. The van der Waals surface area contributed by atoms with Crippen molar-refractivity contribution >= 4 is 21.9 Å². The number of carbonyl (C=O) groups is 1. The monoisotopic (exact) mass is 256 g/mol. The van der Waals surface area contributed by atoms with Gasteiger partial charge in [-0.3, -0.25) is 4.79 Å². The summed E-state index contributed by atoms with van der Waals surface area (Å²) in [5.74, 6) is -0.419. The number of aryl methyl sites for hydroxylation is 1. The van der Waals surface area contributed by atoms with E-state index in [0.717, 1.165) is 15.6 Å². The van der Waals surface area contributed by atoms with Crippen molar-refractivity contribution in [1.29, 1.82) is 0 Å². The van der Waals surface area contributed by atoms with E-state index in [9.17, 15) is 4.79 Å². The van der Waals surface area contributed by atoms with Crippen molar-refractivity contribution in [3.63, 3.8) is 0 Å². The van der Waals surface area contributed by atoms with Crippen LogP contribution >= 0.6 is 15.9 Å². The van der Waals surface area contributed by atoms with Gasteiger partial charge >= 0.3 is 5.97 Å². The van der Waals surface area contributed by atoms with E-state index in [0.29, 0.717) is 0 Å². The lowest BCUT2D eigenvalue weighted by Crippen LogP contribution is -2.10. The van der Waals surface area contributed by atoms with Crippen molar-refractivity contribution in [2.45, 2.75) is 19.8 Å². The van der Waals surface area contributed by atoms with E-state index in [1.165, 1.54) is 7.11 Å². The Bertz CT molecular complexity index is 347. The van der Waals surface area contributed by atoms with Gasteiger partial charge in [0.25, 0.3) is 0 Å². The molecule has 0 heterocycles. The van der Waals surface area contributed by atoms with Gasteiger partial charge in [-0.15, -0.1) is 0 Å². The molecule has 0 amide bonds. The van der Waals surface area contributed by atoms with E-state index in [1.54, 1.807) is 0 Å². The summed E-state index contributed by atoms with van der Waals surface area (Å²) >= 11 is 3.43. The van der Waals surface area contributed by atoms with Gasteiger partial charge in [0.15, 0.2) is 0 Å². The lowest BCUT2D eigenvalue weighted by molar-refractivity contribution is -0.141. The van der Waals surface area contributed by atoms with Crippen LogP contribution < -0.4 is 0 Å². The molecular formula is C11H13BrO2. The van der Waals surface area contributed by atoms with Crippen molar-refractivity contribution in [2.24, 2.45) is 0 Å². The molecule has 1 aromatic carbocycles. The first-order valence-electron chi connectivity index (χ1n) is 4.40. The minimum absolute atomic E-state index is 0.208. The average Bonchev–Trinajstić information content (AvgIpc) is 2.20. The standard InChI is InChI=1S/C11H13BrO2/c1-7-4-5-9(6-10(7)12)8(2)11(13)14-3/h4-6,8H,1-3H3. The van der Waals surface area contributed by atoms with Crippen LogP contribution in [0.2, 0.25) is 0 Å². The van der Waals surface area contributed by atoms with Gasteiger partial charge in [0.05, 0.1) is 13.0 Å². The van der Waals surface area contributed by atoms with Crippen molar-refractivity contribution in [3.8, 4) is 0 Å². The fourth-order valence-electron chi connectivity index (χ4n) is 1.19. The molecule has 1 rings (SSSR count). The molecule has 0 fully saturated rings. The molecule has 0 aliphatic rings. The Morgan fingerprint density at radius 2 is 2.14 bits per heavy atom. The predicted molar refractivity (Wildman–Crippen MR) is 59.3 cm³/mol. The number of hydrogen-bond acceptors (Lipinski definition) is 2. The highest BCUT2D eigenvalue weighted by atomic mass is 79.9. The molecule has 0 saturated heterocycles. The molecular weight excluding hydrogens is 244 g/mol. The summed E-state index contributed by atoms with van der Waals surface area (Å²) < 4.78 is 5.70. The zero-order valence-electron chi connectivity index (χ0n) is 8.50. The smallest absolute Gasteiger partial charge is 0.312 e. The fourth-order valence-corrected chi connectivity index (χ4v) is 1.59. The second-order valence-electron chi connectivity index (χ2n) is 3.25. The highest BCUT2D eigenvalue weighted by molar-refractivity contribution is 9.10. The van der Waals surface area contributed by atoms with Gasteiger partial charge in [0, 0.05) is 4.47 Å². The normalized spacial score (nSPS) is 12.3. The molecule has 0 aliphatic carbocycles. The van der Waals surface area contributed by atoms with Crippen LogP contribution in [0.5, 0.6) is 0 Å². The summed E-state index contributed by atoms with van der Waals surface area (Å²) in [6.45, 7) is 3.85. The van der Waals surface area contributed by atoms with Gasteiger partial charge in [-0.1, -0.05) is 28.1 Å². The summed E-state index contributed by atoms with van der Waals surface area (Å²) in [7, 11) is 1.40. The largest absolute Gasteiger partial charge is 0.469 e. The Hall–Kier alpha value is -0.830. The summed E-state index contributed by atoms with van der Waals surface area (Å²) in [6, 6.07) is 5.89. The average molecular weight is 257 g/mol. The van der Waals surface area contributed by atoms with E-state index in [-0.39, 0.29) is 11.9 Å². The van der Waals surface area contributed by atoms with Gasteiger partial charge < -0.3 is 4.74 Å². The number of carbonyl (C=O) groups excluding carboxylic acids is 1. The van der Waals surface area contributed by atoms with Crippen molar-refractivity contribution in [3.05, 3.63) is 33.8 Å². The maximum absolute atomic E-state index is 11.3. The Morgan fingerprint density at radius 1 is 1.50 bits per heavy atom. The van der Waals surface area contributed by atoms with Gasteiger partial charge in [-0.05, 0) is 31.0 Å².